The molecule has 3 nitrogen and oxygen atoms in total. The lowest BCUT2D eigenvalue weighted by Crippen LogP contribution is -2.25. The predicted octanol–water partition coefficient (Wildman–Crippen LogP) is 4.93. The number of halogens is 1. The summed E-state index contributed by atoms with van der Waals surface area (Å²) in [4.78, 5) is 16.7. The van der Waals surface area contributed by atoms with Crippen LogP contribution in [0.1, 0.15) is 30.9 Å². The van der Waals surface area contributed by atoms with Crippen molar-refractivity contribution in [2.75, 3.05) is 0 Å². The summed E-state index contributed by atoms with van der Waals surface area (Å²) in [5.74, 6) is 0.492. The van der Waals surface area contributed by atoms with Crippen molar-refractivity contribution in [3.05, 3.63) is 64.7 Å². The fourth-order valence-electron chi connectivity index (χ4n) is 2.52. The Morgan fingerprint density at radius 1 is 1.21 bits per heavy atom. The molecule has 1 aliphatic heterocycles. The van der Waals surface area contributed by atoms with Crippen molar-refractivity contribution in [1.29, 1.82) is 0 Å². The van der Waals surface area contributed by atoms with Gasteiger partial charge in [0.05, 0.1) is 10.9 Å². The predicted molar refractivity (Wildman–Crippen MR) is 102 cm³/mol. The smallest absolute Gasteiger partial charge is 0.239 e. The Morgan fingerprint density at radius 2 is 1.96 bits per heavy atom. The van der Waals surface area contributed by atoms with Crippen LogP contribution in [0.15, 0.2) is 53.5 Å². The molecule has 0 aliphatic carbocycles. The van der Waals surface area contributed by atoms with Crippen LogP contribution in [0.4, 0.5) is 5.69 Å². The summed E-state index contributed by atoms with van der Waals surface area (Å²) >= 11 is 7.48. The molecular weight excluding hydrogens is 340 g/mol. The van der Waals surface area contributed by atoms with E-state index in [0.717, 1.165) is 11.3 Å². The van der Waals surface area contributed by atoms with Crippen LogP contribution in [0, 0.1) is 0 Å². The average Bonchev–Trinajstić information content (AvgIpc) is 2.87. The van der Waals surface area contributed by atoms with E-state index in [1.807, 2.05) is 36.4 Å². The van der Waals surface area contributed by atoms with Gasteiger partial charge < -0.3 is 5.32 Å². The van der Waals surface area contributed by atoms with Gasteiger partial charge in [0.15, 0.2) is 5.17 Å². The van der Waals surface area contributed by atoms with E-state index in [1.165, 1.54) is 17.3 Å². The maximum Gasteiger partial charge on any atom is 0.239 e. The van der Waals surface area contributed by atoms with Crippen LogP contribution >= 0.6 is 23.4 Å². The summed E-state index contributed by atoms with van der Waals surface area (Å²) in [6.45, 7) is 4.32. The molecule has 2 aromatic rings. The van der Waals surface area contributed by atoms with Crippen LogP contribution in [-0.4, -0.2) is 16.3 Å². The molecule has 1 atom stereocenters. The van der Waals surface area contributed by atoms with E-state index < -0.39 is 0 Å². The number of carbonyl (C=O) groups is 1. The van der Waals surface area contributed by atoms with Gasteiger partial charge in [-0.25, -0.2) is 4.99 Å². The zero-order valence-corrected chi connectivity index (χ0v) is 15.2. The highest BCUT2D eigenvalue weighted by atomic mass is 35.5. The van der Waals surface area contributed by atoms with Crippen molar-refractivity contribution in [1.82, 2.24) is 5.32 Å². The van der Waals surface area contributed by atoms with Gasteiger partial charge in [-0.05, 0) is 47.7 Å². The molecule has 0 spiro atoms. The van der Waals surface area contributed by atoms with E-state index >= 15 is 0 Å². The van der Waals surface area contributed by atoms with Crippen LogP contribution in [0.2, 0.25) is 5.02 Å². The van der Waals surface area contributed by atoms with Crippen molar-refractivity contribution in [2.45, 2.75) is 31.4 Å². The summed E-state index contributed by atoms with van der Waals surface area (Å²) in [6, 6.07) is 15.7. The second kappa shape index (κ2) is 7.41. The van der Waals surface area contributed by atoms with E-state index in [0.29, 0.717) is 22.5 Å². The number of aliphatic imine (C=N–C) groups is 1. The van der Waals surface area contributed by atoms with Gasteiger partial charge in [0.25, 0.3) is 0 Å². The summed E-state index contributed by atoms with van der Waals surface area (Å²) in [7, 11) is 0. The first-order valence-corrected chi connectivity index (χ1v) is 9.17. The third kappa shape index (κ3) is 4.19. The molecule has 2 aromatic carbocycles. The summed E-state index contributed by atoms with van der Waals surface area (Å²) in [6.07, 6.45) is 0.641. The first kappa shape index (κ1) is 17.1. The Hall–Kier alpha value is -1.78. The minimum absolute atomic E-state index is 0.00229. The molecule has 1 fully saturated rings. The number of hydrogen-bond donors (Lipinski definition) is 1. The van der Waals surface area contributed by atoms with Gasteiger partial charge in [-0.15, -0.1) is 0 Å². The number of rotatable bonds is 4. The monoisotopic (exact) mass is 358 g/mol. The topological polar surface area (TPSA) is 41.5 Å². The highest BCUT2D eigenvalue weighted by Gasteiger charge is 2.30. The van der Waals surface area contributed by atoms with E-state index in [4.69, 9.17) is 11.6 Å². The quantitative estimate of drug-likeness (QED) is 0.842. The molecule has 1 aliphatic rings. The first-order chi connectivity index (χ1) is 11.5. The number of carbonyl (C=O) groups excluding carboxylic acids is 1. The second-order valence-corrected chi connectivity index (χ2v) is 7.72. The molecule has 1 amide bonds. The number of thioether (sulfide) groups is 1. The molecule has 1 heterocycles. The molecule has 0 saturated carbocycles. The van der Waals surface area contributed by atoms with Gasteiger partial charge in [-0.2, -0.15) is 0 Å². The van der Waals surface area contributed by atoms with Crippen molar-refractivity contribution in [3.63, 3.8) is 0 Å². The molecule has 1 N–H and O–H groups in total. The Balaban J connectivity index is 1.69. The maximum atomic E-state index is 12.2. The highest BCUT2D eigenvalue weighted by molar-refractivity contribution is 8.15. The van der Waals surface area contributed by atoms with Gasteiger partial charge in [0, 0.05) is 5.02 Å². The highest BCUT2D eigenvalue weighted by Crippen LogP contribution is 2.27. The molecule has 1 saturated heterocycles. The fourth-order valence-corrected chi connectivity index (χ4v) is 3.76. The lowest BCUT2D eigenvalue weighted by atomic mass is 10.0. The van der Waals surface area contributed by atoms with Gasteiger partial charge >= 0.3 is 0 Å². The Morgan fingerprint density at radius 3 is 2.62 bits per heavy atom. The first-order valence-electron chi connectivity index (χ1n) is 7.92. The Labute approximate surface area is 151 Å². The van der Waals surface area contributed by atoms with Crippen LogP contribution in [0.5, 0.6) is 0 Å². The SMILES string of the molecule is CC(C)c1ccc(N=C2NC(=O)C(Cc3cccc(Cl)c3)S2)cc1. The van der Waals surface area contributed by atoms with Gasteiger partial charge in [0.1, 0.15) is 0 Å². The van der Waals surface area contributed by atoms with E-state index in [9.17, 15) is 4.79 Å². The third-order valence-corrected chi connectivity index (χ3v) is 5.19. The summed E-state index contributed by atoms with van der Waals surface area (Å²) in [5.41, 5.74) is 3.18. The van der Waals surface area contributed by atoms with Gasteiger partial charge in [-0.1, -0.05) is 61.5 Å². The molecule has 0 bridgehead atoms. The Kier molecular flexibility index (Phi) is 5.27. The van der Waals surface area contributed by atoms with Crippen molar-refractivity contribution in [3.8, 4) is 0 Å². The Bertz CT molecular complexity index is 771. The average molecular weight is 359 g/mol. The number of hydrogen-bond acceptors (Lipinski definition) is 3. The molecule has 3 rings (SSSR count). The number of nitrogens with one attached hydrogen (secondary N) is 1. The lowest BCUT2D eigenvalue weighted by molar-refractivity contribution is -0.118. The van der Waals surface area contributed by atoms with E-state index in [1.54, 1.807) is 0 Å². The zero-order chi connectivity index (χ0) is 17.1. The van der Waals surface area contributed by atoms with E-state index in [2.05, 4.69) is 36.3 Å². The van der Waals surface area contributed by atoms with Crippen LogP contribution in [0.3, 0.4) is 0 Å². The lowest BCUT2D eigenvalue weighted by Gasteiger charge is -2.05. The molecule has 1 unspecified atom stereocenters. The molecule has 5 heteroatoms. The zero-order valence-electron chi connectivity index (χ0n) is 13.6. The molecular formula is C19H19ClN2OS. The van der Waals surface area contributed by atoms with Crippen molar-refractivity contribution < 1.29 is 4.79 Å². The molecule has 124 valence electrons. The largest absolute Gasteiger partial charge is 0.304 e. The number of benzene rings is 2. The second-order valence-electron chi connectivity index (χ2n) is 6.09. The van der Waals surface area contributed by atoms with Crippen LogP contribution < -0.4 is 5.32 Å². The normalized spacial score (nSPS) is 19.1. The fraction of sp³-hybridized carbons (Fsp3) is 0.263. The van der Waals surface area contributed by atoms with Crippen molar-refractivity contribution in [2.24, 2.45) is 4.99 Å². The molecule has 0 radical (unpaired) electrons. The van der Waals surface area contributed by atoms with E-state index in [-0.39, 0.29) is 11.2 Å². The number of nitrogens with zero attached hydrogens (tertiary/aromatic N) is 1. The molecule has 0 aromatic heterocycles. The third-order valence-electron chi connectivity index (χ3n) is 3.88. The minimum Gasteiger partial charge on any atom is -0.304 e. The number of amidine groups is 1. The van der Waals surface area contributed by atoms with Crippen molar-refractivity contribution >= 4 is 40.1 Å². The standard InChI is InChI=1S/C19H19ClN2OS/c1-12(2)14-6-8-16(9-7-14)21-19-22-18(23)17(24-19)11-13-4-3-5-15(20)10-13/h3-10,12,17H,11H2,1-2H3,(H,21,22,23). The van der Waals surface area contributed by atoms with Gasteiger partial charge in [-0.3, -0.25) is 4.79 Å². The summed E-state index contributed by atoms with van der Waals surface area (Å²) in [5, 5.41) is 4.04. The number of amides is 1. The van der Waals surface area contributed by atoms with Crippen LogP contribution in [-0.2, 0) is 11.2 Å². The van der Waals surface area contributed by atoms with Gasteiger partial charge in [0.2, 0.25) is 5.91 Å². The maximum absolute atomic E-state index is 12.2. The summed E-state index contributed by atoms with van der Waals surface area (Å²) < 4.78 is 0. The minimum atomic E-state index is -0.169. The molecule has 24 heavy (non-hydrogen) atoms. The van der Waals surface area contributed by atoms with Crippen LogP contribution in [0.25, 0.3) is 0 Å².